The zero-order chi connectivity index (χ0) is 16.8. The molecule has 0 aromatic heterocycles. The predicted octanol–water partition coefficient (Wildman–Crippen LogP) is 2.45. The van der Waals surface area contributed by atoms with Gasteiger partial charge in [-0.05, 0) is 44.5 Å². The number of carbonyl (C=O) groups is 2. The standard InChI is InChI=1S/C18H20N2O3/c1-12-4-7-15(8-5-12)18(22)20-19-17(21)11-23-16-9-6-13(2)10-14(16)3/h4-10H,11H2,1-3H3,(H,19,21)(H,20,22). The quantitative estimate of drug-likeness (QED) is 0.852. The van der Waals surface area contributed by atoms with Crippen LogP contribution in [0.5, 0.6) is 5.75 Å². The van der Waals surface area contributed by atoms with Crippen molar-refractivity contribution in [1.82, 2.24) is 10.9 Å². The largest absolute Gasteiger partial charge is 0.483 e. The lowest BCUT2D eigenvalue weighted by Gasteiger charge is -2.11. The van der Waals surface area contributed by atoms with E-state index < -0.39 is 5.91 Å². The van der Waals surface area contributed by atoms with Crippen LogP contribution in [-0.4, -0.2) is 18.4 Å². The lowest BCUT2D eigenvalue weighted by atomic mass is 10.1. The fourth-order valence-corrected chi connectivity index (χ4v) is 2.04. The molecule has 0 unspecified atom stereocenters. The molecular weight excluding hydrogens is 292 g/mol. The molecule has 2 amide bonds. The third-order valence-electron chi connectivity index (χ3n) is 3.32. The van der Waals surface area contributed by atoms with Gasteiger partial charge in [0.05, 0.1) is 0 Å². The van der Waals surface area contributed by atoms with Gasteiger partial charge in [0.2, 0.25) is 0 Å². The Morgan fingerprint density at radius 1 is 0.913 bits per heavy atom. The molecule has 0 heterocycles. The summed E-state index contributed by atoms with van der Waals surface area (Å²) >= 11 is 0. The molecule has 2 N–H and O–H groups in total. The van der Waals surface area contributed by atoms with E-state index in [0.717, 1.165) is 16.7 Å². The first-order chi connectivity index (χ1) is 11.0. The summed E-state index contributed by atoms with van der Waals surface area (Å²) in [6.45, 7) is 5.68. The van der Waals surface area contributed by atoms with Crippen molar-refractivity contribution < 1.29 is 14.3 Å². The van der Waals surface area contributed by atoms with E-state index in [1.54, 1.807) is 12.1 Å². The van der Waals surface area contributed by atoms with Gasteiger partial charge < -0.3 is 4.74 Å². The number of nitrogens with one attached hydrogen (secondary N) is 2. The minimum absolute atomic E-state index is 0.169. The van der Waals surface area contributed by atoms with Crippen LogP contribution in [-0.2, 0) is 4.79 Å². The zero-order valence-electron chi connectivity index (χ0n) is 13.5. The summed E-state index contributed by atoms with van der Waals surface area (Å²) in [5.41, 5.74) is 8.32. The molecule has 0 spiro atoms. The summed E-state index contributed by atoms with van der Waals surface area (Å²) in [6, 6.07) is 12.8. The molecule has 0 fully saturated rings. The Balaban J connectivity index is 1.81. The van der Waals surface area contributed by atoms with E-state index in [-0.39, 0.29) is 12.5 Å². The average Bonchev–Trinajstić information content (AvgIpc) is 2.52. The van der Waals surface area contributed by atoms with Crippen LogP contribution in [0.15, 0.2) is 42.5 Å². The second-order valence-electron chi connectivity index (χ2n) is 5.43. The maximum absolute atomic E-state index is 11.9. The number of benzene rings is 2. The van der Waals surface area contributed by atoms with Crippen molar-refractivity contribution in [3.63, 3.8) is 0 Å². The van der Waals surface area contributed by atoms with Crippen LogP contribution in [0.2, 0.25) is 0 Å². The highest BCUT2D eigenvalue weighted by molar-refractivity contribution is 5.95. The van der Waals surface area contributed by atoms with Crippen molar-refractivity contribution in [2.45, 2.75) is 20.8 Å². The van der Waals surface area contributed by atoms with E-state index in [1.807, 2.05) is 51.1 Å². The number of rotatable bonds is 4. The monoisotopic (exact) mass is 312 g/mol. The van der Waals surface area contributed by atoms with Crippen LogP contribution in [0.4, 0.5) is 0 Å². The number of aryl methyl sites for hydroxylation is 3. The molecule has 0 aliphatic rings. The third kappa shape index (κ3) is 4.85. The molecule has 0 atom stereocenters. The maximum Gasteiger partial charge on any atom is 0.276 e. The van der Waals surface area contributed by atoms with E-state index in [2.05, 4.69) is 10.9 Å². The van der Waals surface area contributed by atoms with E-state index >= 15 is 0 Å². The van der Waals surface area contributed by atoms with Gasteiger partial charge in [0.1, 0.15) is 5.75 Å². The van der Waals surface area contributed by atoms with Gasteiger partial charge in [-0.2, -0.15) is 0 Å². The Morgan fingerprint density at radius 2 is 1.57 bits per heavy atom. The fraction of sp³-hybridized carbons (Fsp3) is 0.222. The highest BCUT2D eigenvalue weighted by Crippen LogP contribution is 2.18. The number of hydrazine groups is 1. The van der Waals surface area contributed by atoms with Crippen LogP contribution < -0.4 is 15.6 Å². The molecule has 23 heavy (non-hydrogen) atoms. The molecule has 0 saturated heterocycles. The van der Waals surface area contributed by atoms with Gasteiger partial charge in [0.25, 0.3) is 11.8 Å². The minimum atomic E-state index is -0.426. The predicted molar refractivity (Wildman–Crippen MR) is 88.2 cm³/mol. The van der Waals surface area contributed by atoms with Crippen molar-refractivity contribution >= 4 is 11.8 Å². The molecular formula is C18H20N2O3. The first-order valence-electron chi connectivity index (χ1n) is 7.31. The van der Waals surface area contributed by atoms with Crippen molar-refractivity contribution in [2.24, 2.45) is 0 Å². The van der Waals surface area contributed by atoms with Crippen LogP contribution in [0.3, 0.4) is 0 Å². The van der Waals surface area contributed by atoms with Crippen LogP contribution in [0, 0.1) is 20.8 Å². The van der Waals surface area contributed by atoms with Crippen molar-refractivity contribution in [2.75, 3.05) is 6.61 Å². The summed E-state index contributed by atoms with van der Waals surface area (Å²) in [7, 11) is 0. The van der Waals surface area contributed by atoms with Gasteiger partial charge in [-0.15, -0.1) is 0 Å². The maximum atomic E-state index is 11.9. The van der Waals surface area contributed by atoms with Gasteiger partial charge in [0, 0.05) is 5.56 Å². The minimum Gasteiger partial charge on any atom is -0.483 e. The van der Waals surface area contributed by atoms with Gasteiger partial charge in [0.15, 0.2) is 6.61 Å². The SMILES string of the molecule is Cc1ccc(C(=O)NNC(=O)COc2ccc(C)cc2C)cc1. The van der Waals surface area contributed by atoms with E-state index in [1.165, 1.54) is 0 Å². The Morgan fingerprint density at radius 3 is 2.22 bits per heavy atom. The first-order valence-corrected chi connectivity index (χ1v) is 7.31. The van der Waals surface area contributed by atoms with Gasteiger partial charge >= 0.3 is 0 Å². The van der Waals surface area contributed by atoms with E-state index in [0.29, 0.717) is 11.3 Å². The number of carbonyl (C=O) groups excluding carboxylic acids is 2. The summed E-state index contributed by atoms with van der Waals surface area (Å²) in [4.78, 5) is 23.6. The molecule has 2 rings (SSSR count). The summed E-state index contributed by atoms with van der Waals surface area (Å²) < 4.78 is 5.44. The van der Waals surface area contributed by atoms with Crippen LogP contribution >= 0.6 is 0 Å². The molecule has 0 bridgehead atoms. The van der Waals surface area contributed by atoms with Crippen LogP contribution in [0.25, 0.3) is 0 Å². The number of hydrogen-bond acceptors (Lipinski definition) is 3. The first kappa shape index (κ1) is 16.5. The topological polar surface area (TPSA) is 67.4 Å². The average molecular weight is 312 g/mol. The molecule has 2 aromatic rings. The molecule has 0 saturated carbocycles. The van der Waals surface area contributed by atoms with E-state index in [4.69, 9.17) is 4.74 Å². The third-order valence-corrected chi connectivity index (χ3v) is 3.32. The number of hydrogen-bond donors (Lipinski definition) is 2. The van der Waals surface area contributed by atoms with Gasteiger partial charge in [-0.3, -0.25) is 20.4 Å². The van der Waals surface area contributed by atoms with Gasteiger partial charge in [-0.25, -0.2) is 0 Å². The Hall–Kier alpha value is -2.82. The van der Waals surface area contributed by atoms with Crippen molar-refractivity contribution in [3.8, 4) is 5.75 Å². The number of ether oxygens (including phenoxy) is 1. The van der Waals surface area contributed by atoms with Gasteiger partial charge in [-0.1, -0.05) is 35.4 Å². The summed E-state index contributed by atoms with van der Waals surface area (Å²) in [5.74, 6) is -0.147. The van der Waals surface area contributed by atoms with Crippen LogP contribution in [0.1, 0.15) is 27.0 Å². The molecule has 0 radical (unpaired) electrons. The Labute approximate surface area is 135 Å². The molecule has 0 aliphatic carbocycles. The smallest absolute Gasteiger partial charge is 0.276 e. The highest BCUT2D eigenvalue weighted by atomic mass is 16.5. The normalized spacial score (nSPS) is 10.0. The Kier molecular flexibility index (Phi) is 5.36. The summed E-state index contributed by atoms with van der Waals surface area (Å²) in [6.07, 6.45) is 0. The van der Waals surface area contributed by atoms with Crippen molar-refractivity contribution in [1.29, 1.82) is 0 Å². The lowest BCUT2D eigenvalue weighted by molar-refractivity contribution is -0.123. The number of amides is 2. The zero-order valence-corrected chi connectivity index (χ0v) is 13.5. The molecule has 0 aliphatic heterocycles. The molecule has 5 nitrogen and oxygen atoms in total. The highest BCUT2D eigenvalue weighted by Gasteiger charge is 2.08. The van der Waals surface area contributed by atoms with E-state index in [9.17, 15) is 9.59 Å². The van der Waals surface area contributed by atoms with Crippen molar-refractivity contribution in [3.05, 3.63) is 64.7 Å². The summed E-state index contributed by atoms with van der Waals surface area (Å²) in [5, 5.41) is 0. The molecule has 5 heteroatoms. The molecule has 2 aromatic carbocycles. The fourth-order valence-electron chi connectivity index (χ4n) is 2.04. The lowest BCUT2D eigenvalue weighted by Crippen LogP contribution is -2.43. The second kappa shape index (κ2) is 7.45. The Bertz CT molecular complexity index is 709. The second-order valence-corrected chi connectivity index (χ2v) is 5.43. The molecule has 120 valence electrons.